The van der Waals surface area contributed by atoms with Gasteiger partial charge in [0.05, 0.1) is 34.5 Å². The van der Waals surface area contributed by atoms with Crippen LogP contribution in [0.4, 0.5) is 5.13 Å². The zero-order valence-electron chi connectivity index (χ0n) is 25.1. The third-order valence-corrected chi connectivity index (χ3v) is 8.76. The second-order valence-corrected chi connectivity index (χ2v) is 11.5. The number of hydrogen-bond acceptors (Lipinski definition) is 9. The smallest absolute Gasteiger partial charge is 0.301 e. The van der Waals surface area contributed by atoms with Crippen LogP contribution >= 0.6 is 11.3 Å². The minimum absolute atomic E-state index is 0.133. The molecule has 1 fully saturated rings. The van der Waals surface area contributed by atoms with Crippen molar-refractivity contribution in [3.63, 3.8) is 0 Å². The lowest BCUT2D eigenvalue weighted by atomic mass is 9.96. The van der Waals surface area contributed by atoms with E-state index in [-0.39, 0.29) is 22.2 Å². The first-order chi connectivity index (χ1) is 21.7. The van der Waals surface area contributed by atoms with Crippen molar-refractivity contribution in [2.24, 2.45) is 0 Å². The predicted molar refractivity (Wildman–Crippen MR) is 170 cm³/mol. The lowest BCUT2D eigenvalue weighted by Crippen LogP contribution is -2.29. The normalized spacial score (nSPS) is 16.0. The number of ketones is 2. The van der Waals surface area contributed by atoms with Gasteiger partial charge in [0, 0.05) is 13.1 Å². The van der Waals surface area contributed by atoms with E-state index in [9.17, 15) is 19.5 Å². The monoisotopic (exact) mass is 622 g/mol. The second-order valence-electron chi connectivity index (χ2n) is 10.5. The van der Waals surface area contributed by atoms with E-state index in [1.54, 1.807) is 54.8 Å². The standard InChI is InChI=1S/C34H30N4O6S/c1-5-43-25-17-23(14-15-24(25)44-18-22-11-7-6-8-12-22)29-27(30(40)28-19(2)35-26-13-9-10-16-37(26)28)31(41)33(42)38(29)34-36-20(3)32(45-34)21(4)39/h6-17,29,40H,5,18H2,1-4H3. The van der Waals surface area contributed by atoms with Crippen molar-refractivity contribution in [3.05, 3.63) is 112 Å². The van der Waals surface area contributed by atoms with Crippen molar-refractivity contribution < 1.29 is 29.0 Å². The summed E-state index contributed by atoms with van der Waals surface area (Å²) < 4.78 is 13.7. The van der Waals surface area contributed by atoms with Crippen LogP contribution in [0.25, 0.3) is 11.4 Å². The average molecular weight is 623 g/mol. The summed E-state index contributed by atoms with van der Waals surface area (Å²) in [5, 5.41) is 12.0. The number of Topliss-reactive ketones (excluding diaryl/α,β-unsaturated/α-hetero) is 2. The third kappa shape index (κ3) is 5.35. The molecule has 0 radical (unpaired) electrons. The van der Waals surface area contributed by atoms with E-state index in [0.29, 0.717) is 57.9 Å². The van der Waals surface area contributed by atoms with Gasteiger partial charge < -0.3 is 14.6 Å². The minimum Gasteiger partial charge on any atom is -0.505 e. The van der Waals surface area contributed by atoms with Gasteiger partial charge in [-0.05, 0) is 56.2 Å². The largest absolute Gasteiger partial charge is 0.505 e. The summed E-state index contributed by atoms with van der Waals surface area (Å²) in [5.41, 5.74) is 3.11. The zero-order valence-corrected chi connectivity index (χ0v) is 25.9. The van der Waals surface area contributed by atoms with Gasteiger partial charge in [0.25, 0.3) is 5.78 Å². The van der Waals surface area contributed by atoms with Crippen LogP contribution in [0.2, 0.25) is 0 Å². The fourth-order valence-corrected chi connectivity index (χ4v) is 6.49. The molecule has 1 atom stereocenters. The van der Waals surface area contributed by atoms with Gasteiger partial charge in [-0.15, -0.1) is 0 Å². The fraction of sp³-hybridized carbons (Fsp3) is 0.206. The Balaban J connectivity index is 1.53. The second kappa shape index (κ2) is 12.0. The molecule has 45 heavy (non-hydrogen) atoms. The van der Waals surface area contributed by atoms with Crippen LogP contribution in [0.3, 0.4) is 0 Å². The first-order valence-electron chi connectivity index (χ1n) is 14.4. The molecule has 1 saturated heterocycles. The van der Waals surface area contributed by atoms with E-state index < -0.39 is 17.7 Å². The van der Waals surface area contributed by atoms with Gasteiger partial charge in [-0.1, -0.05) is 53.8 Å². The van der Waals surface area contributed by atoms with E-state index in [1.165, 1.54) is 11.8 Å². The number of imidazole rings is 1. The van der Waals surface area contributed by atoms with E-state index in [1.807, 2.05) is 43.3 Å². The number of aliphatic hydroxyl groups excluding tert-OH is 1. The van der Waals surface area contributed by atoms with Crippen LogP contribution in [-0.4, -0.2) is 43.6 Å². The van der Waals surface area contributed by atoms with Crippen LogP contribution in [0.5, 0.6) is 11.5 Å². The maximum atomic E-state index is 13.8. The number of benzene rings is 2. The molecule has 0 saturated carbocycles. The first-order valence-corrected chi connectivity index (χ1v) is 15.2. The van der Waals surface area contributed by atoms with Crippen LogP contribution in [0.15, 0.2) is 78.5 Å². The van der Waals surface area contributed by atoms with Crippen molar-refractivity contribution in [1.29, 1.82) is 0 Å². The molecule has 11 heteroatoms. The van der Waals surface area contributed by atoms with Crippen LogP contribution in [0, 0.1) is 13.8 Å². The van der Waals surface area contributed by atoms with E-state index in [0.717, 1.165) is 16.9 Å². The van der Waals surface area contributed by atoms with Crippen molar-refractivity contribution >= 4 is 45.3 Å². The molecule has 6 rings (SSSR count). The number of nitrogens with zero attached hydrogens (tertiary/aromatic N) is 4. The summed E-state index contributed by atoms with van der Waals surface area (Å²) in [4.78, 5) is 50.6. The quantitative estimate of drug-likeness (QED) is 0.0891. The molecule has 3 aromatic heterocycles. The zero-order chi connectivity index (χ0) is 31.8. The summed E-state index contributed by atoms with van der Waals surface area (Å²) in [7, 11) is 0. The number of rotatable bonds is 9. The summed E-state index contributed by atoms with van der Waals surface area (Å²) in [6.07, 6.45) is 1.73. The molecular weight excluding hydrogens is 592 g/mol. The molecule has 5 aromatic rings. The maximum Gasteiger partial charge on any atom is 0.301 e. The Morgan fingerprint density at radius 2 is 1.71 bits per heavy atom. The number of anilines is 1. The SMILES string of the molecule is CCOc1cc(C2C(=C(O)c3c(C)nc4ccccn34)C(=O)C(=O)N2c2nc(C)c(C(C)=O)s2)ccc1OCc1ccccc1. The highest BCUT2D eigenvalue weighted by Crippen LogP contribution is 2.46. The highest BCUT2D eigenvalue weighted by Gasteiger charge is 2.49. The number of carbonyl (C=O) groups is 3. The molecule has 0 aliphatic carbocycles. The lowest BCUT2D eigenvalue weighted by molar-refractivity contribution is -0.132. The summed E-state index contributed by atoms with van der Waals surface area (Å²) >= 11 is 1.02. The molecule has 1 aliphatic heterocycles. The molecule has 0 spiro atoms. The lowest BCUT2D eigenvalue weighted by Gasteiger charge is -2.24. The highest BCUT2D eigenvalue weighted by molar-refractivity contribution is 7.18. The Morgan fingerprint density at radius 3 is 2.42 bits per heavy atom. The summed E-state index contributed by atoms with van der Waals surface area (Å²) in [5.74, 6) is -1.46. The Hall–Kier alpha value is -5.29. The number of aromatic nitrogens is 3. The molecule has 2 aromatic carbocycles. The van der Waals surface area contributed by atoms with Crippen LogP contribution < -0.4 is 14.4 Å². The first kappa shape index (κ1) is 29.8. The average Bonchev–Trinajstić information content (AvgIpc) is 3.66. The summed E-state index contributed by atoms with van der Waals surface area (Å²) in [6, 6.07) is 19.1. The van der Waals surface area contributed by atoms with Crippen molar-refractivity contribution in [1.82, 2.24) is 14.4 Å². The van der Waals surface area contributed by atoms with E-state index in [4.69, 9.17) is 9.47 Å². The number of fused-ring (bicyclic) bond motifs is 1. The summed E-state index contributed by atoms with van der Waals surface area (Å²) in [6.45, 7) is 7.30. The highest BCUT2D eigenvalue weighted by atomic mass is 32.1. The van der Waals surface area contributed by atoms with Gasteiger partial charge in [-0.3, -0.25) is 23.7 Å². The number of aryl methyl sites for hydroxylation is 2. The molecule has 1 N–H and O–H groups in total. The van der Waals surface area contributed by atoms with Gasteiger partial charge in [-0.25, -0.2) is 9.97 Å². The fourth-order valence-electron chi connectivity index (χ4n) is 5.50. The Morgan fingerprint density at radius 1 is 0.956 bits per heavy atom. The van der Waals surface area contributed by atoms with Gasteiger partial charge in [0.1, 0.15) is 17.9 Å². The van der Waals surface area contributed by atoms with Crippen molar-refractivity contribution in [2.75, 3.05) is 11.5 Å². The van der Waals surface area contributed by atoms with Crippen molar-refractivity contribution in [3.8, 4) is 11.5 Å². The Kier molecular flexibility index (Phi) is 7.94. The number of pyridine rings is 1. The maximum absolute atomic E-state index is 13.8. The van der Waals surface area contributed by atoms with Gasteiger partial charge in [0.15, 0.2) is 28.2 Å². The number of hydrogen-bond donors (Lipinski definition) is 1. The molecule has 1 amide bonds. The predicted octanol–water partition coefficient (Wildman–Crippen LogP) is 6.21. The number of aliphatic hydroxyl groups is 1. The van der Waals surface area contributed by atoms with Gasteiger partial charge >= 0.3 is 5.91 Å². The molecule has 10 nitrogen and oxygen atoms in total. The minimum atomic E-state index is -1.09. The van der Waals surface area contributed by atoms with E-state index >= 15 is 0 Å². The molecule has 0 bridgehead atoms. The van der Waals surface area contributed by atoms with E-state index in [2.05, 4.69) is 9.97 Å². The number of amides is 1. The van der Waals surface area contributed by atoms with Gasteiger partial charge in [0.2, 0.25) is 0 Å². The number of ether oxygens (including phenoxy) is 2. The molecule has 228 valence electrons. The topological polar surface area (TPSA) is 123 Å². The molecular formula is C34H30N4O6S. The number of thiazole rings is 1. The Labute approximate surface area is 263 Å². The molecule has 1 aliphatic rings. The molecule has 1 unspecified atom stereocenters. The molecule has 4 heterocycles. The third-order valence-electron chi connectivity index (χ3n) is 7.50. The Bertz CT molecular complexity index is 1990. The van der Waals surface area contributed by atoms with Crippen LogP contribution in [0.1, 0.15) is 57.8 Å². The van der Waals surface area contributed by atoms with Gasteiger partial charge in [-0.2, -0.15) is 0 Å². The van der Waals surface area contributed by atoms with Crippen molar-refractivity contribution in [2.45, 2.75) is 40.3 Å². The van der Waals surface area contributed by atoms with Crippen LogP contribution in [-0.2, 0) is 16.2 Å². The number of carbonyl (C=O) groups excluding carboxylic acids is 3.